The Morgan fingerprint density at radius 2 is 1.72 bits per heavy atom. The van der Waals surface area contributed by atoms with Crippen LogP contribution in [0.1, 0.15) is 28.8 Å². The van der Waals surface area contributed by atoms with Crippen molar-refractivity contribution in [3.05, 3.63) is 124 Å². The van der Waals surface area contributed by atoms with E-state index in [1.54, 1.807) is 47.3 Å². The standard InChI is InChI=1S/C32H24F2N8O4/c33-22-8-6-21(7-9-22)32(13-15-46-16-14-32)40-19-27(37-38-40)24-18-23(10-11-25(24)34)35-31(43)20-5-12-29(30(17-20)42(44)45)41-28-4-2-1-3-26(28)36-39-41/h1-12,17-19H,13-16H2,(H,35,43). The van der Waals surface area contributed by atoms with E-state index in [-0.39, 0.29) is 39.7 Å². The van der Waals surface area contributed by atoms with Gasteiger partial charge < -0.3 is 10.1 Å². The number of rotatable bonds is 7. The number of fused-ring (bicyclic) bond motifs is 1. The third-order valence-electron chi connectivity index (χ3n) is 8.15. The van der Waals surface area contributed by atoms with Gasteiger partial charge in [0.1, 0.15) is 28.5 Å². The lowest BCUT2D eigenvalue weighted by molar-refractivity contribution is -0.384. The summed E-state index contributed by atoms with van der Waals surface area (Å²) in [6.07, 6.45) is 2.73. The first-order valence-electron chi connectivity index (χ1n) is 14.3. The van der Waals surface area contributed by atoms with Gasteiger partial charge in [0.2, 0.25) is 0 Å². The molecule has 0 unspecified atom stereocenters. The number of ether oxygens (including phenoxy) is 1. The number of nitro groups is 1. The zero-order valence-corrected chi connectivity index (χ0v) is 24.0. The van der Waals surface area contributed by atoms with E-state index in [1.165, 1.54) is 47.1 Å². The van der Waals surface area contributed by atoms with E-state index in [0.29, 0.717) is 37.1 Å². The average Bonchev–Trinajstić information content (AvgIpc) is 3.74. The number of anilines is 1. The first-order valence-corrected chi connectivity index (χ1v) is 14.3. The molecule has 46 heavy (non-hydrogen) atoms. The molecule has 0 spiro atoms. The Kier molecular flexibility index (Phi) is 7.25. The molecule has 4 aromatic carbocycles. The highest BCUT2D eigenvalue weighted by atomic mass is 19.1. The number of hydrogen-bond donors (Lipinski definition) is 1. The number of carbonyl (C=O) groups excluding carboxylic acids is 1. The van der Waals surface area contributed by atoms with Gasteiger partial charge in [-0.2, -0.15) is 0 Å². The van der Waals surface area contributed by atoms with Crippen molar-refractivity contribution in [3.63, 3.8) is 0 Å². The number of nitro benzene ring substituents is 1. The molecule has 0 aliphatic carbocycles. The van der Waals surface area contributed by atoms with Gasteiger partial charge in [0, 0.05) is 48.9 Å². The van der Waals surface area contributed by atoms with Gasteiger partial charge in [0.05, 0.1) is 22.2 Å². The number of aromatic nitrogens is 6. The van der Waals surface area contributed by atoms with E-state index in [9.17, 15) is 19.3 Å². The molecule has 1 fully saturated rings. The molecule has 1 aliphatic rings. The van der Waals surface area contributed by atoms with Crippen molar-refractivity contribution in [2.24, 2.45) is 0 Å². The predicted octanol–water partition coefficient (Wildman–Crippen LogP) is 5.67. The first-order chi connectivity index (χ1) is 22.3. The fraction of sp³-hybridized carbons (Fsp3) is 0.156. The molecule has 1 amide bonds. The van der Waals surface area contributed by atoms with Crippen LogP contribution in [0.5, 0.6) is 0 Å². The van der Waals surface area contributed by atoms with Crippen molar-refractivity contribution in [1.82, 2.24) is 30.0 Å². The summed E-state index contributed by atoms with van der Waals surface area (Å²) in [4.78, 5) is 24.6. The fourth-order valence-electron chi connectivity index (χ4n) is 5.76. The van der Waals surface area contributed by atoms with Gasteiger partial charge in [-0.15, -0.1) is 10.2 Å². The second-order valence-corrected chi connectivity index (χ2v) is 10.8. The van der Waals surface area contributed by atoms with Gasteiger partial charge in [0.25, 0.3) is 11.6 Å². The quantitative estimate of drug-likeness (QED) is 0.177. The second kappa shape index (κ2) is 11.6. The van der Waals surface area contributed by atoms with Crippen LogP contribution in [-0.2, 0) is 10.3 Å². The largest absolute Gasteiger partial charge is 0.381 e. The number of nitrogens with one attached hydrogen (secondary N) is 1. The fourth-order valence-corrected chi connectivity index (χ4v) is 5.76. The molecule has 0 atom stereocenters. The molecule has 1 saturated heterocycles. The monoisotopic (exact) mass is 622 g/mol. The lowest BCUT2D eigenvalue weighted by Gasteiger charge is -2.37. The van der Waals surface area contributed by atoms with Gasteiger partial charge in [-0.25, -0.2) is 18.1 Å². The Bertz CT molecular complexity index is 2110. The SMILES string of the molecule is O=C(Nc1ccc(F)c(-c2cn(C3(c4ccc(F)cc4)CCOCC3)nn2)c1)c1ccc(-n2nnc3ccccc32)c([N+](=O)[O-])c1. The van der Waals surface area contributed by atoms with Crippen LogP contribution in [-0.4, -0.2) is 54.0 Å². The first kappa shape index (κ1) is 28.9. The van der Waals surface area contributed by atoms with Crippen LogP contribution >= 0.6 is 0 Å². The van der Waals surface area contributed by atoms with Crippen molar-refractivity contribution < 1.29 is 23.2 Å². The van der Waals surface area contributed by atoms with Crippen molar-refractivity contribution in [2.45, 2.75) is 18.4 Å². The van der Waals surface area contributed by atoms with E-state index in [2.05, 4.69) is 25.9 Å². The Hall–Kier alpha value is -5.89. The summed E-state index contributed by atoms with van der Waals surface area (Å²) in [5, 5.41) is 31.3. The summed E-state index contributed by atoms with van der Waals surface area (Å²) in [6.45, 7) is 0.911. The summed E-state index contributed by atoms with van der Waals surface area (Å²) < 4.78 is 37.4. The molecule has 0 radical (unpaired) electrons. The van der Waals surface area contributed by atoms with Gasteiger partial charge in [-0.3, -0.25) is 14.9 Å². The number of nitrogens with zero attached hydrogens (tertiary/aromatic N) is 7. The van der Waals surface area contributed by atoms with Crippen LogP contribution < -0.4 is 5.32 Å². The number of hydrogen-bond acceptors (Lipinski definition) is 8. The van der Waals surface area contributed by atoms with Crippen LogP contribution in [0.25, 0.3) is 28.0 Å². The molecule has 1 aliphatic heterocycles. The van der Waals surface area contributed by atoms with E-state index in [1.807, 2.05) is 0 Å². The maximum Gasteiger partial charge on any atom is 0.295 e. The highest BCUT2D eigenvalue weighted by molar-refractivity contribution is 6.05. The molecule has 230 valence electrons. The van der Waals surface area contributed by atoms with E-state index < -0.39 is 22.2 Å². The molecule has 2 aromatic heterocycles. The number of halogens is 2. The molecule has 3 heterocycles. The normalized spacial score (nSPS) is 14.3. The molecule has 7 rings (SSSR count). The van der Waals surface area contributed by atoms with Gasteiger partial charge >= 0.3 is 0 Å². The molecule has 1 N–H and O–H groups in total. The molecular formula is C32H24F2N8O4. The summed E-state index contributed by atoms with van der Waals surface area (Å²) in [7, 11) is 0. The van der Waals surface area contributed by atoms with Crippen molar-refractivity contribution in [3.8, 4) is 16.9 Å². The number of para-hydroxylation sites is 1. The van der Waals surface area contributed by atoms with Crippen LogP contribution in [0.15, 0.2) is 91.1 Å². The molecule has 0 bridgehead atoms. The summed E-state index contributed by atoms with van der Waals surface area (Å²) in [5.41, 5.74) is 1.65. The molecule has 0 saturated carbocycles. The van der Waals surface area contributed by atoms with Gasteiger partial charge in [-0.05, 0) is 60.2 Å². The maximum atomic E-state index is 15.1. The van der Waals surface area contributed by atoms with Crippen LogP contribution in [0, 0.1) is 21.7 Å². The average molecular weight is 623 g/mol. The van der Waals surface area contributed by atoms with Crippen LogP contribution in [0.4, 0.5) is 20.2 Å². The van der Waals surface area contributed by atoms with Crippen LogP contribution in [0.2, 0.25) is 0 Å². The third-order valence-corrected chi connectivity index (χ3v) is 8.15. The van der Waals surface area contributed by atoms with Crippen molar-refractivity contribution in [1.29, 1.82) is 0 Å². The Labute approximate surface area is 259 Å². The minimum Gasteiger partial charge on any atom is -0.381 e. The van der Waals surface area contributed by atoms with Crippen molar-refractivity contribution in [2.75, 3.05) is 18.5 Å². The van der Waals surface area contributed by atoms with Crippen LogP contribution in [0.3, 0.4) is 0 Å². The lowest BCUT2D eigenvalue weighted by atomic mass is 9.83. The zero-order chi connectivity index (χ0) is 31.8. The Morgan fingerprint density at radius 3 is 2.50 bits per heavy atom. The molecule has 14 heteroatoms. The molecular weight excluding hydrogens is 598 g/mol. The number of carbonyl (C=O) groups is 1. The lowest BCUT2D eigenvalue weighted by Crippen LogP contribution is -2.41. The summed E-state index contributed by atoms with van der Waals surface area (Å²) in [5.74, 6) is -1.59. The van der Waals surface area contributed by atoms with E-state index >= 15 is 4.39 Å². The number of amides is 1. The Morgan fingerprint density at radius 1 is 0.935 bits per heavy atom. The van der Waals surface area contributed by atoms with Gasteiger partial charge in [0.15, 0.2) is 0 Å². The van der Waals surface area contributed by atoms with E-state index in [0.717, 1.165) is 11.6 Å². The topological polar surface area (TPSA) is 143 Å². The minimum atomic E-state index is -0.668. The highest BCUT2D eigenvalue weighted by Crippen LogP contribution is 2.37. The number of benzene rings is 4. The van der Waals surface area contributed by atoms with Gasteiger partial charge in [-0.1, -0.05) is 34.7 Å². The smallest absolute Gasteiger partial charge is 0.295 e. The predicted molar refractivity (Wildman–Crippen MR) is 162 cm³/mol. The molecule has 12 nitrogen and oxygen atoms in total. The third kappa shape index (κ3) is 5.13. The Balaban J connectivity index is 1.17. The highest BCUT2D eigenvalue weighted by Gasteiger charge is 2.38. The summed E-state index contributed by atoms with van der Waals surface area (Å²) in [6, 6.07) is 21.2. The minimum absolute atomic E-state index is 0.0115. The molecule has 6 aromatic rings. The maximum absolute atomic E-state index is 15.1. The van der Waals surface area contributed by atoms with E-state index in [4.69, 9.17) is 4.74 Å². The van der Waals surface area contributed by atoms with Crippen molar-refractivity contribution >= 4 is 28.3 Å². The summed E-state index contributed by atoms with van der Waals surface area (Å²) >= 11 is 0. The zero-order valence-electron chi connectivity index (χ0n) is 24.0. The second-order valence-electron chi connectivity index (χ2n) is 10.8.